The Kier molecular flexibility index (Phi) is 11.8. The topological polar surface area (TPSA) is 65.2 Å². The van der Waals surface area contributed by atoms with Crippen molar-refractivity contribution >= 4 is 25.1 Å². The Hall–Kier alpha value is -5.05. The van der Waals surface area contributed by atoms with Crippen LogP contribution in [0.3, 0.4) is 0 Å². The maximum atomic E-state index is 11.7. The molecule has 0 radical (unpaired) electrons. The lowest BCUT2D eigenvalue weighted by Crippen LogP contribution is -2.17. The van der Waals surface area contributed by atoms with Crippen LogP contribution in [0.1, 0.15) is 124 Å². The highest BCUT2D eigenvalue weighted by atomic mass is 32.1. The van der Waals surface area contributed by atoms with Crippen LogP contribution in [0.4, 0.5) is 0 Å². The second-order valence-corrected chi connectivity index (χ2v) is 17.3. The smallest absolute Gasteiger partial charge is 0.128 e. The number of phenolic OH excluding ortho intramolecular Hbond substituents is 2. The molecule has 0 fully saturated rings. The number of benzene rings is 5. The van der Waals surface area contributed by atoms with Crippen molar-refractivity contribution in [3.8, 4) is 23.3 Å². The van der Waals surface area contributed by atoms with Crippen LogP contribution >= 0.6 is 12.6 Å². The molecule has 272 valence electrons. The predicted octanol–water partition coefficient (Wildman–Crippen LogP) is 11.7. The van der Waals surface area contributed by atoms with Crippen LogP contribution in [0.2, 0.25) is 0 Å². The van der Waals surface area contributed by atoms with Crippen molar-refractivity contribution in [3.05, 3.63) is 159 Å². The summed E-state index contributed by atoms with van der Waals surface area (Å²) >= 11 is 4.40. The third kappa shape index (κ3) is 9.89. The van der Waals surface area contributed by atoms with E-state index in [1.807, 2.05) is 78.9 Å². The van der Waals surface area contributed by atoms with Gasteiger partial charge in [0.05, 0.1) is 0 Å². The highest BCUT2D eigenvalue weighted by Gasteiger charge is 2.27. The second kappa shape index (κ2) is 15.9. The summed E-state index contributed by atoms with van der Waals surface area (Å²) in [5.74, 6) is 6.98. The molecule has 0 aliphatic rings. The van der Waals surface area contributed by atoms with Crippen molar-refractivity contribution in [1.82, 2.24) is 0 Å². The average Bonchev–Trinajstić information content (AvgIpc) is 3.10. The number of aromatic hydroxyl groups is 2. The number of hydrogen-bond acceptors (Lipinski definition) is 5. The third-order valence-corrected chi connectivity index (χ3v) is 9.61. The molecule has 0 saturated carbocycles. The Balaban J connectivity index is 1.67. The van der Waals surface area contributed by atoms with Crippen LogP contribution in [0.5, 0.6) is 11.5 Å². The molecule has 0 aromatic heterocycles. The summed E-state index contributed by atoms with van der Waals surface area (Å²) in [7, 11) is 0. The van der Waals surface area contributed by atoms with E-state index in [2.05, 4.69) is 117 Å². The molecule has 5 aromatic carbocycles. The van der Waals surface area contributed by atoms with Gasteiger partial charge in [-0.25, -0.2) is 0 Å². The molecule has 0 bridgehead atoms. The van der Waals surface area contributed by atoms with Crippen molar-refractivity contribution in [3.63, 3.8) is 0 Å². The highest BCUT2D eigenvalue weighted by molar-refractivity contribution is 7.80. The standard InChI is InChI=1S/C48H52N2O2S/c1-46(2,3)38-28-37(45(52)41(29-38)48(7,8)9)31-50-43(35-18-14-11-15-19-35)42(34-16-12-10-13-17-34)49-30-36-26-33(27-40(44(36)51)47(4,5)6)21-20-32-22-24-39(53)25-23-32/h10-19,22-31,42-43,51-53H,1-9H3/t42-,43-/m0/s1. The van der Waals surface area contributed by atoms with E-state index < -0.39 is 12.1 Å². The first-order valence-electron chi connectivity index (χ1n) is 18.1. The van der Waals surface area contributed by atoms with Crippen molar-refractivity contribution in [2.75, 3.05) is 0 Å². The van der Waals surface area contributed by atoms with Crippen LogP contribution in [-0.2, 0) is 16.2 Å². The first kappa shape index (κ1) is 39.2. The molecule has 5 heteroatoms. The van der Waals surface area contributed by atoms with E-state index in [0.717, 1.165) is 43.8 Å². The molecule has 2 N–H and O–H groups in total. The number of aliphatic imine (C=N–C) groups is 2. The van der Waals surface area contributed by atoms with E-state index in [0.29, 0.717) is 11.1 Å². The van der Waals surface area contributed by atoms with E-state index >= 15 is 0 Å². The van der Waals surface area contributed by atoms with Gasteiger partial charge >= 0.3 is 0 Å². The Labute approximate surface area is 322 Å². The van der Waals surface area contributed by atoms with Crippen LogP contribution in [0, 0.1) is 11.8 Å². The van der Waals surface area contributed by atoms with Gasteiger partial charge in [-0.15, -0.1) is 12.6 Å². The number of phenols is 2. The van der Waals surface area contributed by atoms with E-state index in [-0.39, 0.29) is 27.7 Å². The fourth-order valence-electron chi connectivity index (χ4n) is 6.17. The minimum atomic E-state index is -0.461. The molecule has 0 amide bonds. The zero-order valence-electron chi connectivity index (χ0n) is 32.4. The molecule has 4 nitrogen and oxygen atoms in total. The monoisotopic (exact) mass is 720 g/mol. The Morgan fingerprint density at radius 1 is 0.528 bits per heavy atom. The summed E-state index contributed by atoms with van der Waals surface area (Å²) in [4.78, 5) is 11.3. The van der Waals surface area contributed by atoms with Gasteiger partial charge in [-0.1, -0.05) is 141 Å². The summed E-state index contributed by atoms with van der Waals surface area (Å²) in [6.07, 6.45) is 3.55. The van der Waals surface area contributed by atoms with Crippen molar-refractivity contribution < 1.29 is 10.2 Å². The van der Waals surface area contributed by atoms with Crippen molar-refractivity contribution in [2.45, 2.75) is 95.5 Å². The number of thiol groups is 1. The first-order chi connectivity index (χ1) is 24.9. The third-order valence-electron chi connectivity index (χ3n) is 9.31. The normalized spacial score (nSPS) is 13.5. The summed E-state index contributed by atoms with van der Waals surface area (Å²) < 4.78 is 0. The Morgan fingerprint density at radius 2 is 0.962 bits per heavy atom. The van der Waals surface area contributed by atoms with Crippen LogP contribution in [-0.4, -0.2) is 22.6 Å². The fraction of sp³-hybridized carbons (Fsp3) is 0.292. The van der Waals surface area contributed by atoms with Gasteiger partial charge in [-0.05, 0) is 75.4 Å². The molecule has 53 heavy (non-hydrogen) atoms. The lowest BCUT2D eigenvalue weighted by atomic mass is 9.79. The first-order valence-corrected chi connectivity index (χ1v) is 18.6. The van der Waals surface area contributed by atoms with E-state index in [4.69, 9.17) is 9.98 Å². The Morgan fingerprint density at radius 3 is 1.42 bits per heavy atom. The summed E-state index contributed by atoms with van der Waals surface area (Å²) in [5.41, 5.74) is 6.90. The predicted molar refractivity (Wildman–Crippen MR) is 226 cm³/mol. The number of rotatable bonds is 7. The van der Waals surface area contributed by atoms with Gasteiger partial charge in [0.1, 0.15) is 23.6 Å². The molecular weight excluding hydrogens is 669 g/mol. The molecular formula is C48H52N2O2S. The SMILES string of the molecule is CC(C)(C)c1cc(C=N[C@@H](c2ccccc2)[C@@H](N=Cc2cc(C#Cc3ccc(S)cc3)cc(C(C)(C)C)c2O)c2ccccc2)c(O)c(C(C)(C)C)c1. The number of nitrogens with zero attached hydrogens (tertiary/aromatic N) is 2. The van der Waals surface area contributed by atoms with Crippen LogP contribution in [0.15, 0.2) is 124 Å². The summed E-state index contributed by atoms with van der Waals surface area (Å²) in [6, 6.07) is 35.1. The molecule has 0 unspecified atom stereocenters. The molecule has 5 aromatic rings. The summed E-state index contributed by atoms with van der Waals surface area (Å²) in [5, 5.41) is 23.3. The molecule has 5 rings (SSSR count). The molecule has 2 atom stereocenters. The number of hydrogen-bond donors (Lipinski definition) is 3. The van der Waals surface area contributed by atoms with Gasteiger partial charge in [0.15, 0.2) is 0 Å². The molecule has 0 aliphatic carbocycles. The summed E-state index contributed by atoms with van der Waals surface area (Å²) in [6.45, 7) is 19.1. The van der Waals surface area contributed by atoms with Crippen molar-refractivity contribution in [1.29, 1.82) is 0 Å². The highest BCUT2D eigenvalue weighted by Crippen LogP contribution is 2.40. The second-order valence-electron chi connectivity index (χ2n) is 16.7. The van der Waals surface area contributed by atoms with Gasteiger partial charge in [0, 0.05) is 50.7 Å². The van der Waals surface area contributed by atoms with Crippen molar-refractivity contribution in [2.24, 2.45) is 9.98 Å². The van der Waals surface area contributed by atoms with E-state index in [9.17, 15) is 10.2 Å². The molecule has 0 spiro atoms. The molecule has 0 heterocycles. The van der Waals surface area contributed by atoms with E-state index in [1.165, 1.54) is 0 Å². The maximum absolute atomic E-state index is 11.7. The maximum Gasteiger partial charge on any atom is 0.128 e. The van der Waals surface area contributed by atoms with Gasteiger partial charge in [-0.2, -0.15) is 0 Å². The van der Waals surface area contributed by atoms with Crippen LogP contribution in [0.25, 0.3) is 0 Å². The molecule has 0 aliphatic heterocycles. The van der Waals surface area contributed by atoms with E-state index in [1.54, 1.807) is 12.4 Å². The van der Waals surface area contributed by atoms with Gasteiger partial charge in [0.25, 0.3) is 0 Å². The Bertz CT molecular complexity index is 2150. The van der Waals surface area contributed by atoms with Gasteiger partial charge in [-0.3, -0.25) is 9.98 Å². The zero-order valence-corrected chi connectivity index (χ0v) is 33.3. The lowest BCUT2D eigenvalue weighted by molar-refractivity contribution is 0.443. The minimum absolute atomic E-state index is 0.129. The average molecular weight is 721 g/mol. The van der Waals surface area contributed by atoms with Crippen LogP contribution < -0.4 is 0 Å². The lowest BCUT2D eigenvalue weighted by Gasteiger charge is -2.27. The minimum Gasteiger partial charge on any atom is -0.507 e. The van der Waals surface area contributed by atoms with Gasteiger partial charge < -0.3 is 10.2 Å². The fourth-order valence-corrected chi connectivity index (χ4v) is 6.32. The largest absolute Gasteiger partial charge is 0.507 e. The van der Waals surface area contributed by atoms with Gasteiger partial charge in [0.2, 0.25) is 0 Å². The molecule has 0 saturated heterocycles. The zero-order chi connectivity index (χ0) is 38.6. The quantitative estimate of drug-likeness (QED) is 0.0890.